The van der Waals surface area contributed by atoms with E-state index in [0.29, 0.717) is 28.7 Å². The van der Waals surface area contributed by atoms with Gasteiger partial charge >= 0.3 is 6.01 Å². The van der Waals surface area contributed by atoms with E-state index in [9.17, 15) is 0 Å². The average molecular weight is 297 g/mol. The summed E-state index contributed by atoms with van der Waals surface area (Å²) in [5.74, 6) is 0.466. The number of ether oxygens (including phenoxy) is 1. The fourth-order valence-corrected chi connectivity index (χ4v) is 2.33. The highest BCUT2D eigenvalue weighted by molar-refractivity contribution is 7.99. The highest BCUT2D eigenvalue weighted by Crippen LogP contribution is 2.31. The van der Waals surface area contributed by atoms with Crippen LogP contribution in [0.3, 0.4) is 0 Å². The summed E-state index contributed by atoms with van der Waals surface area (Å²) in [5.41, 5.74) is 0. The maximum atomic E-state index is 6.11. The van der Waals surface area contributed by atoms with Gasteiger partial charge < -0.3 is 10.1 Å². The van der Waals surface area contributed by atoms with E-state index in [-0.39, 0.29) is 0 Å². The van der Waals surface area contributed by atoms with Crippen molar-refractivity contribution >= 4 is 29.3 Å². The van der Waals surface area contributed by atoms with Gasteiger partial charge in [-0.25, -0.2) is 0 Å². The van der Waals surface area contributed by atoms with Gasteiger partial charge in [0.25, 0.3) is 0 Å². The first-order valence-corrected chi connectivity index (χ1v) is 6.91. The monoisotopic (exact) mass is 296 g/mol. The molecule has 0 saturated heterocycles. The molecule has 2 aromatic rings. The fraction of sp³-hybridized carbons (Fsp3) is 0.250. The third kappa shape index (κ3) is 3.71. The number of nitrogens with zero attached hydrogens (tertiary/aromatic N) is 3. The van der Waals surface area contributed by atoms with Gasteiger partial charge in [0.05, 0.1) is 11.6 Å². The van der Waals surface area contributed by atoms with Crippen molar-refractivity contribution in [2.45, 2.75) is 17.0 Å². The number of benzene rings is 1. The summed E-state index contributed by atoms with van der Waals surface area (Å²) in [6.07, 6.45) is 0. The summed E-state index contributed by atoms with van der Waals surface area (Å²) < 4.78 is 5.31. The van der Waals surface area contributed by atoms with Gasteiger partial charge in [-0.2, -0.15) is 15.0 Å². The first kappa shape index (κ1) is 13.9. The molecule has 0 unspecified atom stereocenters. The van der Waals surface area contributed by atoms with E-state index >= 15 is 0 Å². The minimum atomic E-state index is 0.302. The van der Waals surface area contributed by atoms with Crippen LogP contribution in [0.25, 0.3) is 0 Å². The van der Waals surface area contributed by atoms with Crippen LogP contribution in [0, 0.1) is 0 Å². The molecule has 0 aliphatic carbocycles. The lowest BCUT2D eigenvalue weighted by molar-refractivity contribution is 0.308. The van der Waals surface area contributed by atoms with Gasteiger partial charge in [-0.15, -0.1) is 0 Å². The van der Waals surface area contributed by atoms with Crippen LogP contribution in [-0.4, -0.2) is 28.6 Å². The van der Waals surface area contributed by atoms with Gasteiger partial charge in [0.1, 0.15) is 0 Å². The lowest BCUT2D eigenvalue weighted by atomic mass is 10.4. The highest BCUT2D eigenvalue weighted by Gasteiger charge is 2.09. The van der Waals surface area contributed by atoms with Crippen LogP contribution in [0.1, 0.15) is 6.92 Å². The van der Waals surface area contributed by atoms with Crippen LogP contribution in [0.5, 0.6) is 6.01 Å². The molecule has 0 bridgehead atoms. The molecule has 1 N–H and O–H groups in total. The van der Waals surface area contributed by atoms with Gasteiger partial charge in [0.15, 0.2) is 0 Å². The van der Waals surface area contributed by atoms with Crippen LogP contribution in [0.15, 0.2) is 34.3 Å². The topological polar surface area (TPSA) is 59.9 Å². The molecule has 7 heteroatoms. The molecule has 5 nitrogen and oxygen atoms in total. The zero-order valence-corrected chi connectivity index (χ0v) is 12.1. The normalized spacial score (nSPS) is 10.3. The van der Waals surface area contributed by atoms with Gasteiger partial charge in [-0.05, 0) is 30.8 Å². The van der Waals surface area contributed by atoms with Crippen molar-refractivity contribution in [3.05, 3.63) is 29.3 Å². The molecule has 0 radical (unpaired) electrons. The molecule has 1 aromatic carbocycles. The lowest BCUT2D eigenvalue weighted by Crippen LogP contribution is -2.04. The third-order valence-electron chi connectivity index (χ3n) is 2.13. The van der Waals surface area contributed by atoms with E-state index in [1.807, 2.05) is 31.2 Å². The van der Waals surface area contributed by atoms with Crippen LogP contribution in [0.4, 0.5) is 5.95 Å². The number of hydrogen-bond acceptors (Lipinski definition) is 6. The predicted molar refractivity (Wildman–Crippen MR) is 76.1 cm³/mol. The molecule has 19 heavy (non-hydrogen) atoms. The fourth-order valence-electron chi connectivity index (χ4n) is 1.31. The molecule has 0 aliphatic rings. The van der Waals surface area contributed by atoms with Crippen molar-refractivity contribution in [2.24, 2.45) is 0 Å². The Kier molecular flexibility index (Phi) is 4.81. The Balaban J connectivity index is 2.29. The Morgan fingerprint density at radius 1 is 1.26 bits per heavy atom. The summed E-state index contributed by atoms with van der Waals surface area (Å²) in [5, 5.41) is 4.08. The number of halogens is 1. The summed E-state index contributed by atoms with van der Waals surface area (Å²) >= 11 is 7.48. The molecule has 0 saturated carbocycles. The van der Waals surface area contributed by atoms with Crippen molar-refractivity contribution in [2.75, 3.05) is 19.0 Å². The molecule has 0 spiro atoms. The maximum absolute atomic E-state index is 6.11. The van der Waals surface area contributed by atoms with Gasteiger partial charge in [0, 0.05) is 11.9 Å². The molecule has 1 heterocycles. The van der Waals surface area contributed by atoms with Crippen LogP contribution in [-0.2, 0) is 0 Å². The summed E-state index contributed by atoms with van der Waals surface area (Å²) in [6, 6.07) is 7.84. The Morgan fingerprint density at radius 3 is 2.74 bits per heavy atom. The number of rotatable bonds is 5. The molecule has 2 rings (SSSR count). The predicted octanol–water partition coefficient (Wildman–Crippen LogP) is 3.12. The minimum absolute atomic E-state index is 0.302. The zero-order valence-electron chi connectivity index (χ0n) is 10.6. The Labute approximate surface area is 120 Å². The van der Waals surface area contributed by atoms with E-state index in [4.69, 9.17) is 16.3 Å². The maximum Gasteiger partial charge on any atom is 0.322 e. The highest BCUT2D eigenvalue weighted by atomic mass is 35.5. The van der Waals surface area contributed by atoms with Gasteiger partial charge in [0.2, 0.25) is 11.1 Å². The SMILES string of the molecule is CCOc1nc(NC)nc(Sc2ccccc2Cl)n1. The van der Waals surface area contributed by atoms with Gasteiger partial charge in [-0.3, -0.25) is 0 Å². The van der Waals surface area contributed by atoms with E-state index in [1.165, 1.54) is 11.8 Å². The Hall–Kier alpha value is -1.53. The second-order valence-corrected chi connectivity index (χ2v) is 4.86. The second-order valence-electron chi connectivity index (χ2n) is 3.44. The van der Waals surface area contributed by atoms with Crippen LogP contribution >= 0.6 is 23.4 Å². The van der Waals surface area contributed by atoms with E-state index < -0.39 is 0 Å². The number of hydrogen-bond donors (Lipinski definition) is 1. The van der Waals surface area contributed by atoms with Crippen molar-refractivity contribution < 1.29 is 4.74 Å². The zero-order chi connectivity index (χ0) is 13.7. The number of nitrogens with one attached hydrogen (secondary N) is 1. The minimum Gasteiger partial charge on any atom is -0.464 e. The first-order valence-electron chi connectivity index (χ1n) is 5.72. The quantitative estimate of drug-likeness (QED) is 0.915. The number of aromatic nitrogens is 3. The second kappa shape index (κ2) is 6.58. The summed E-state index contributed by atoms with van der Waals surface area (Å²) in [6.45, 7) is 2.38. The van der Waals surface area contributed by atoms with E-state index in [2.05, 4.69) is 20.3 Å². The van der Waals surface area contributed by atoms with Crippen LogP contribution in [0.2, 0.25) is 5.02 Å². The van der Waals surface area contributed by atoms with Crippen molar-refractivity contribution in [3.63, 3.8) is 0 Å². The van der Waals surface area contributed by atoms with E-state index in [1.54, 1.807) is 7.05 Å². The summed E-state index contributed by atoms with van der Waals surface area (Å²) in [7, 11) is 1.75. The van der Waals surface area contributed by atoms with Crippen molar-refractivity contribution in [3.8, 4) is 6.01 Å². The van der Waals surface area contributed by atoms with Crippen molar-refractivity contribution in [1.82, 2.24) is 15.0 Å². The van der Waals surface area contributed by atoms with Crippen molar-refractivity contribution in [1.29, 1.82) is 0 Å². The number of anilines is 1. The third-order valence-corrected chi connectivity index (χ3v) is 3.51. The largest absolute Gasteiger partial charge is 0.464 e. The first-order chi connectivity index (χ1) is 9.22. The molecular formula is C12H13ClN4OS. The van der Waals surface area contributed by atoms with E-state index in [0.717, 1.165) is 4.90 Å². The summed E-state index contributed by atoms with van der Waals surface area (Å²) in [4.78, 5) is 13.5. The molecule has 0 atom stereocenters. The average Bonchev–Trinajstić information content (AvgIpc) is 2.41. The van der Waals surface area contributed by atoms with Crippen LogP contribution < -0.4 is 10.1 Å². The molecular weight excluding hydrogens is 284 g/mol. The standard InChI is InChI=1S/C12H13ClN4OS/c1-3-18-11-15-10(14-2)16-12(17-11)19-9-7-5-4-6-8(9)13/h4-7H,3H2,1-2H3,(H,14,15,16,17). The molecule has 100 valence electrons. The Morgan fingerprint density at radius 2 is 2.05 bits per heavy atom. The molecule has 1 aromatic heterocycles. The Bertz CT molecular complexity index is 567. The smallest absolute Gasteiger partial charge is 0.322 e. The molecule has 0 amide bonds. The lowest BCUT2D eigenvalue weighted by Gasteiger charge is -2.07. The van der Waals surface area contributed by atoms with Gasteiger partial charge in [-0.1, -0.05) is 23.7 Å². The molecule has 0 fully saturated rings. The molecule has 0 aliphatic heterocycles.